The van der Waals surface area contributed by atoms with E-state index >= 15 is 0 Å². The molecule has 0 unspecified atom stereocenters. The van der Waals surface area contributed by atoms with Crippen LogP contribution in [0.15, 0.2) is 0 Å². The van der Waals surface area contributed by atoms with Crippen LogP contribution in [0.25, 0.3) is 0 Å². The monoisotopic (exact) mass is 309 g/mol. The van der Waals surface area contributed by atoms with Gasteiger partial charge in [-0.25, -0.2) is 4.79 Å². The fourth-order valence-electron chi connectivity index (χ4n) is 3.54. The van der Waals surface area contributed by atoms with E-state index in [1.165, 1.54) is 0 Å². The van der Waals surface area contributed by atoms with Crippen LogP contribution in [0.1, 0.15) is 45.4 Å². The summed E-state index contributed by atoms with van der Waals surface area (Å²) in [6, 6.07) is 0.853. The van der Waals surface area contributed by atoms with Crippen molar-refractivity contribution in [2.45, 2.75) is 63.6 Å². The molecule has 2 heterocycles. The van der Waals surface area contributed by atoms with Gasteiger partial charge in [0, 0.05) is 45.3 Å². The fourth-order valence-corrected chi connectivity index (χ4v) is 3.54. The first-order valence-electron chi connectivity index (χ1n) is 8.57. The van der Waals surface area contributed by atoms with Crippen molar-refractivity contribution in [2.24, 2.45) is 0 Å². The van der Waals surface area contributed by atoms with Gasteiger partial charge in [0.2, 0.25) is 5.91 Å². The quantitative estimate of drug-likeness (QED) is 0.853. The van der Waals surface area contributed by atoms with Crippen molar-refractivity contribution >= 4 is 11.9 Å². The summed E-state index contributed by atoms with van der Waals surface area (Å²) in [6.07, 6.45) is 6.04. The molecule has 3 aliphatic rings. The van der Waals surface area contributed by atoms with Crippen LogP contribution in [0.4, 0.5) is 4.79 Å². The van der Waals surface area contributed by atoms with Gasteiger partial charge in [-0.2, -0.15) is 0 Å². The lowest BCUT2D eigenvalue weighted by molar-refractivity contribution is -0.130. The van der Waals surface area contributed by atoms with E-state index in [9.17, 15) is 9.59 Å². The molecule has 22 heavy (non-hydrogen) atoms. The normalized spacial score (nSPS) is 26.0. The molecule has 0 aromatic heterocycles. The second-order valence-corrected chi connectivity index (χ2v) is 6.73. The summed E-state index contributed by atoms with van der Waals surface area (Å²) in [6.45, 7) is 4.60. The molecule has 0 spiro atoms. The minimum Gasteiger partial charge on any atom is -0.381 e. The van der Waals surface area contributed by atoms with Crippen molar-refractivity contribution in [1.29, 1.82) is 0 Å². The molecule has 0 radical (unpaired) electrons. The van der Waals surface area contributed by atoms with E-state index in [0.717, 1.165) is 58.3 Å². The van der Waals surface area contributed by atoms with Gasteiger partial charge in [0.25, 0.3) is 0 Å². The molecular formula is C16H27N3O3. The lowest BCUT2D eigenvalue weighted by Gasteiger charge is -2.32. The van der Waals surface area contributed by atoms with E-state index in [-0.39, 0.29) is 24.0 Å². The largest absolute Gasteiger partial charge is 0.381 e. The van der Waals surface area contributed by atoms with Gasteiger partial charge in [-0.1, -0.05) is 0 Å². The van der Waals surface area contributed by atoms with Crippen molar-refractivity contribution in [3.05, 3.63) is 0 Å². The maximum absolute atomic E-state index is 12.5. The van der Waals surface area contributed by atoms with Crippen molar-refractivity contribution in [1.82, 2.24) is 15.1 Å². The van der Waals surface area contributed by atoms with Crippen LogP contribution in [-0.4, -0.2) is 66.2 Å². The van der Waals surface area contributed by atoms with E-state index in [4.69, 9.17) is 4.74 Å². The maximum Gasteiger partial charge on any atom is 0.317 e. The Balaban J connectivity index is 1.54. The first kappa shape index (κ1) is 15.6. The molecule has 3 amide bonds. The second kappa shape index (κ2) is 6.86. The average Bonchev–Trinajstić information content (AvgIpc) is 3.23. The first-order valence-corrected chi connectivity index (χ1v) is 8.57. The zero-order valence-corrected chi connectivity index (χ0v) is 13.4. The van der Waals surface area contributed by atoms with Crippen LogP contribution >= 0.6 is 0 Å². The van der Waals surface area contributed by atoms with E-state index < -0.39 is 0 Å². The molecule has 1 aliphatic carbocycles. The number of nitrogens with zero attached hydrogens (tertiary/aromatic N) is 2. The topological polar surface area (TPSA) is 61.9 Å². The molecule has 2 aliphatic heterocycles. The Labute approximate surface area is 132 Å². The van der Waals surface area contributed by atoms with Crippen LogP contribution in [0, 0.1) is 0 Å². The van der Waals surface area contributed by atoms with Gasteiger partial charge in [0.15, 0.2) is 0 Å². The number of hydrogen-bond acceptors (Lipinski definition) is 3. The van der Waals surface area contributed by atoms with Crippen molar-refractivity contribution in [3.8, 4) is 0 Å². The SMILES string of the molecule is CC(=O)N(C[C@@H]1CCCN1C(=O)NC1CCOCC1)C1CC1. The fraction of sp³-hybridized carbons (Fsp3) is 0.875. The minimum atomic E-state index is 0.0358. The number of ether oxygens (including phenoxy) is 1. The van der Waals surface area contributed by atoms with Gasteiger partial charge in [0.1, 0.15) is 0 Å². The molecule has 0 aromatic rings. The predicted molar refractivity (Wildman–Crippen MR) is 82.5 cm³/mol. The number of carbonyl (C=O) groups is 2. The third kappa shape index (κ3) is 3.72. The van der Waals surface area contributed by atoms with E-state index in [1.54, 1.807) is 6.92 Å². The van der Waals surface area contributed by atoms with Crippen LogP contribution < -0.4 is 5.32 Å². The summed E-state index contributed by atoms with van der Waals surface area (Å²) in [5.74, 6) is 0.138. The summed E-state index contributed by atoms with van der Waals surface area (Å²) in [5.41, 5.74) is 0. The van der Waals surface area contributed by atoms with E-state index in [0.29, 0.717) is 12.6 Å². The average molecular weight is 309 g/mol. The summed E-state index contributed by atoms with van der Waals surface area (Å²) < 4.78 is 5.33. The highest BCUT2D eigenvalue weighted by Crippen LogP contribution is 2.29. The van der Waals surface area contributed by atoms with Crippen molar-refractivity contribution in [2.75, 3.05) is 26.3 Å². The second-order valence-electron chi connectivity index (χ2n) is 6.73. The number of likely N-dealkylation sites (tertiary alicyclic amines) is 1. The van der Waals surface area contributed by atoms with E-state index in [2.05, 4.69) is 5.32 Å². The Morgan fingerprint density at radius 1 is 1.18 bits per heavy atom. The molecule has 6 heteroatoms. The number of carbonyl (C=O) groups excluding carboxylic acids is 2. The number of urea groups is 1. The Bertz CT molecular complexity index is 419. The third-order valence-electron chi connectivity index (χ3n) is 4.99. The molecule has 1 atom stereocenters. The van der Waals surface area contributed by atoms with Gasteiger partial charge in [0.05, 0.1) is 6.04 Å². The minimum absolute atomic E-state index is 0.0358. The molecule has 6 nitrogen and oxygen atoms in total. The van der Waals surface area contributed by atoms with E-state index in [1.807, 2.05) is 9.80 Å². The molecule has 0 bridgehead atoms. The molecule has 3 rings (SSSR count). The molecule has 3 fully saturated rings. The summed E-state index contributed by atoms with van der Waals surface area (Å²) >= 11 is 0. The van der Waals surface area contributed by atoms with Crippen LogP contribution in [0.5, 0.6) is 0 Å². The number of rotatable bonds is 4. The highest BCUT2D eigenvalue weighted by molar-refractivity contribution is 5.76. The van der Waals surface area contributed by atoms with Gasteiger partial charge in [-0.05, 0) is 38.5 Å². The zero-order chi connectivity index (χ0) is 15.5. The smallest absolute Gasteiger partial charge is 0.317 e. The maximum atomic E-state index is 12.5. The summed E-state index contributed by atoms with van der Waals surface area (Å²) in [7, 11) is 0. The Hall–Kier alpha value is -1.30. The predicted octanol–water partition coefficient (Wildman–Crippen LogP) is 1.35. The lowest BCUT2D eigenvalue weighted by Crippen LogP contribution is -2.51. The van der Waals surface area contributed by atoms with Gasteiger partial charge in [-0.15, -0.1) is 0 Å². The van der Waals surface area contributed by atoms with Gasteiger partial charge in [-0.3, -0.25) is 4.79 Å². The molecule has 0 aromatic carbocycles. The van der Waals surface area contributed by atoms with Crippen molar-refractivity contribution in [3.63, 3.8) is 0 Å². The molecule has 2 saturated heterocycles. The standard InChI is InChI=1S/C16H27N3O3/c1-12(20)19(14-4-5-14)11-15-3-2-8-18(15)16(21)17-13-6-9-22-10-7-13/h13-15H,2-11H2,1H3,(H,17,21)/t15-/m0/s1. The van der Waals surface area contributed by atoms with Crippen LogP contribution in [0.2, 0.25) is 0 Å². The Morgan fingerprint density at radius 3 is 2.55 bits per heavy atom. The number of nitrogens with one attached hydrogen (secondary N) is 1. The lowest BCUT2D eigenvalue weighted by atomic mass is 10.1. The Kier molecular flexibility index (Phi) is 4.86. The van der Waals surface area contributed by atoms with Gasteiger partial charge >= 0.3 is 6.03 Å². The molecule has 1 saturated carbocycles. The molecular weight excluding hydrogens is 282 g/mol. The third-order valence-corrected chi connectivity index (χ3v) is 4.99. The number of amides is 3. The van der Waals surface area contributed by atoms with Crippen LogP contribution in [0.3, 0.4) is 0 Å². The first-order chi connectivity index (χ1) is 10.6. The Morgan fingerprint density at radius 2 is 1.91 bits per heavy atom. The highest BCUT2D eigenvalue weighted by atomic mass is 16.5. The number of hydrogen-bond donors (Lipinski definition) is 1. The highest BCUT2D eigenvalue weighted by Gasteiger charge is 2.37. The molecule has 124 valence electrons. The zero-order valence-electron chi connectivity index (χ0n) is 13.4. The summed E-state index contributed by atoms with van der Waals surface area (Å²) in [5, 5.41) is 3.14. The van der Waals surface area contributed by atoms with Gasteiger partial charge < -0.3 is 19.9 Å². The van der Waals surface area contributed by atoms with Crippen molar-refractivity contribution < 1.29 is 14.3 Å². The molecule has 1 N–H and O–H groups in total. The summed E-state index contributed by atoms with van der Waals surface area (Å²) in [4.78, 5) is 28.2. The van der Waals surface area contributed by atoms with Crippen LogP contribution in [-0.2, 0) is 9.53 Å².